The van der Waals surface area contributed by atoms with Crippen molar-refractivity contribution in [1.82, 2.24) is 15.1 Å². The predicted octanol–water partition coefficient (Wildman–Crippen LogP) is 1.69. The topological polar surface area (TPSA) is 69.7 Å². The Bertz CT molecular complexity index is 709. The van der Waals surface area contributed by atoms with Crippen molar-refractivity contribution in [3.8, 4) is 0 Å². The Labute approximate surface area is 158 Å². The zero-order chi connectivity index (χ0) is 19.2. The number of carbonyl (C=O) groups is 3. The van der Waals surface area contributed by atoms with Crippen LogP contribution in [0.5, 0.6) is 0 Å². The molecule has 3 rings (SSSR count). The summed E-state index contributed by atoms with van der Waals surface area (Å²) in [6.07, 6.45) is 3.16. The van der Waals surface area contributed by atoms with Gasteiger partial charge in [-0.2, -0.15) is 0 Å². The highest BCUT2D eigenvalue weighted by Crippen LogP contribution is 2.19. The molecule has 0 saturated carbocycles. The number of rotatable bonds is 7. The van der Waals surface area contributed by atoms with E-state index in [-0.39, 0.29) is 36.0 Å². The maximum atomic E-state index is 13.2. The van der Waals surface area contributed by atoms with Crippen LogP contribution in [0.15, 0.2) is 24.3 Å². The van der Waals surface area contributed by atoms with Crippen LogP contribution in [0.1, 0.15) is 37.7 Å². The Morgan fingerprint density at radius 1 is 1.15 bits per heavy atom. The van der Waals surface area contributed by atoms with Crippen molar-refractivity contribution in [1.29, 1.82) is 0 Å². The molecule has 27 heavy (non-hydrogen) atoms. The largest absolute Gasteiger partial charge is 0.352 e. The Kier molecular flexibility index (Phi) is 6.42. The zero-order valence-electron chi connectivity index (χ0n) is 15.5. The number of hydrogen-bond acceptors (Lipinski definition) is 3. The van der Waals surface area contributed by atoms with Crippen molar-refractivity contribution in [3.05, 3.63) is 35.6 Å². The van der Waals surface area contributed by atoms with Gasteiger partial charge in [0, 0.05) is 45.6 Å². The Hall–Kier alpha value is -2.44. The Balaban J connectivity index is 1.44. The van der Waals surface area contributed by atoms with Crippen molar-refractivity contribution in [2.75, 3.05) is 26.2 Å². The first-order chi connectivity index (χ1) is 13.0. The minimum Gasteiger partial charge on any atom is -0.352 e. The van der Waals surface area contributed by atoms with Gasteiger partial charge in [-0.05, 0) is 37.0 Å². The summed E-state index contributed by atoms with van der Waals surface area (Å²) < 4.78 is 13.2. The van der Waals surface area contributed by atoms with E-state index in [2.05, 4.69) is 5.32 Å². The van der Waals surface area contributed by atoms with E-state index in [0.717, 1.165) is 19.4 Å². The minimum atomic E-state index is -0.326. The third-order valence-corrected chi connectivity index (χ3v) is 5.25. The second-order valence-electron chi connectivity index (χ2n) is 7.26. The Morgan fingerprint density at radius 3 is 2.67 bits per heavy atom. The standard InChI is InChI=1S/C20H26FN3O3/c21-17-5-1-4-15(12-17)13-22-20(27)16-7-8-19(26)24(14-16)11-3-10-23-9-2-6-18(23)25/h1,4-5,12,16H,2-3,6-11,13-14H2,(H,22,27)/t16-/m0/s1. The van der Waals surface area contributed by atoms with Gasteiger partial charge in [0.1, 0.15) is 5.82 Å². The van der Waals surface area contributed by atoms with Crippen LogP contribution in [0, 0.1) is 11.7 Å². The molecule has 1 N–H and O–H groups in total. The van der Waals surface area contributed by atoms with Gasteiger partial charge in [0.25, 0.3) is 0 Å². The average molecular weight is 375 g/mol. The molecule has 2 heterocycles. The molecule has 2 fully saturated rings. The molecule has 0 bridgehead atoms. The molecule has 2 aliphatic heterocycles. The summed E-state index contributed by atoms with van der Waals surface area (Å²) in [5.41, 5.74) is 0.711. The van der Waals surface area contributed by atoms with E-state index in [4.69, 9.17) is 0 Å². The maximum Gasteiger partial charge on any atom is 0.225 e. The van der Waals surface area contributed by atoms with Gasteiger partial charge in [-0.1, -0.05) is 12.1 Å². The zero-order valence-corrected chi connectivity index (χ0v) is 15.5. The lowest BCUT2D eigenvalue weighted by molar-refractivity contribution is -0.138. The van der Waals surface area contributed by atoms with Crippen molar-refractivity contribution in [2.45, 2.75) is 38.6 Å². The number of amides is 3. The molecule has 2 aliphatic rings. The molecule has 3 amide bonds. The first-order valence-corrected chi connectivity index (χ1v) is 9.60. The van der Waals surface area contributed by atoms with E-state index in [1.165, 1.54) is 12.1 Å². The van der Waals surface area contributed by atoms with Crippen LogP contribution in [0.2, 0.25) is 0 Å². The number of hydrogen-bond donors (Lipinski definition) is 1. The van der Waals surface area contributed by atoms with Crippen LogP contribution in [0.3, 0.4) is 0 Å². The van der Waals surface area contributed by atoms with Crippen LogP contribution < -0.4 is 5.32 Å². The molecule has 1 aromatic rings. The number of halogens is 1. The minimum absolute atomic E-state index is 0.0666. The molecule has 2 saturated heterocycles. The number of nitrogens with one attached hydrogen (secondary N) is 1. The van der Waals surface area contributed by atoms with Crippen LogP contribution in [-0.4, -0.2) is 53.7 Å². The van der Waals surface area contributed by atoms with Crippen molar-refractivity contribution in [3.63, 3.8) is 0 Å². The van der Waals surface area contributed by atoms with Gasteiger partial charge in [0.2, 0.25) is 17.7 Å². The van der Waals surface area contributed by atoms with Crippen LogP contribution in [0.25, 0.3) is 0 Å². The Morgan fingerprint density at radius 2 is 1.93 bits per heavy atom. The molecule has 0 aromatic heterocycles. The van der Waals surface area contributed by atoms with Gasteiger partial charge in [-0.3, -0.25) is 14.4 Å². The lowest BCUT2D eigenvalue weighted by atomic mass is 9.96. The molecular weight excluding hydrogens is 349 g/mol. The van der Waals surface area contributed by atoms with E-state index in [1.807, 2.05) is 4.90 Å². The van der Waals surface area contributed by atoms with Crippen LogP contribution in [0.4, 0.5) is 4.39 Å². The average Bonchev–Trinajstić information content (AvgIpc) is 3.06. The lowest BCUT2D eigenvalue weighted by Crippen LogP contribution is -2.46. The highest BCUT2D eigenvalue weighted by atomic mass is 19.1. The highest BCUT2D eigenvalue weighted by Gasteiger charge is 2.30. The molecule has 0 radical (unpaired) electrons. The van der Waals surface area contributed by atoms with Gasteiger partial charge in [0.15, 0.2) is 0 Å². The third kappa shape index (κ3) is 5.28. The summed E-state index contributed by atoms with van der Waals surface area (Å²) in [5, 5.41) is 2.84. The summed E-state index contributed by atoms with van der Waals surface area (Å²) in [5.74, 6) is -0.421. The molecule has 146 valence electrons. The molecule has 6 nitrogen and oxygen atoms in total. The first-order valence-electron chi connectivity index (χ1n) is 9.60. The van der Waals surface area contributed by atoms with Crippen LogP contribution in [-0.2, 0) is 20.9 Å². The monoisotopic (exact) mass is 375 g/mol. The van der Waals surface area contributed by atoms with E-state index in [1.54, 1.807) is 17.0 Å². The van der Waals surface area contributed by atoms with E-state index >= 15 is 0 Å². The van der Waals surface area contributed by atoms with Gasteiger partial charge in [-0.15, -0.1) is 0 Å². The number of likely N-dealkylation sites (tertiary alicyclic amines) is 2. The van der Waals surface area contributed by atoms with Crippen molar-refractivity contribution < 1.29 is 18.8 Å². The van der Waals surface area contributed by atoms with Gasteiger partial charge in [-0.25, -0.2) is 4.39 Å². The van der Waals surface area contributed by atoms with Gasteiger partial charge >= 0.3 is 0 Å². The lowest BCUT2D eigenvalue weighted by Gasteiger charge is -2.32. The summed E-state index contributed by atoms with van der Waals surface area (Å²) in [4.78, 5) is 39.8. The van der Waals surface area contributed by atoms with Gasteiger partial charge in [0.05, 0.1) is 5.92 Å². The number of benzene rings is 1. The second kappa shape index (κ2) is 8.97. The fourth-order valence-corrected chi connectivity index (χ4v) is 3.72. The summed E-state index contributed by atoms with van der Waals surface area (Å²) in [6.45, 7) is 2.72. The molecule has 0 aliphatic carbocycles. The smallest absolute Gasteiger partial charge is 0.225 e. The fraction of sp³-hybridized carbons (Fsp3) is 0.550. The molecule has 1 aromatic carbocycles. The highest BCUT2D eigenvalue weighted by molar-refractivity contribution is 5.83. The molecule has 0 spiro atoms. The van der Waals surface area contributed by atoms with E-state index < -0.39 is 0 Å². The summed E-state index contributed by atoms with van der Waals surface area (Å²) in [7, 11) is 0. The number of piperidine rings is 1. The first kappa shape index (κ1) is 19.3. The molecule has 1 atom stereocenters. The molecule has 0 unspecified atom stereocenters. The maximum absolute atomic E-state index is 13.2. The van der Waals surface area contributed by atoms with Crippen molar-refractivity contribution in [2.24, 2.45) is 5.92 Å². The number of nitrogens with zero attached hydrogens (tertiary/aromatic N) is 2. The third-order valence-electron chi connectivity index (χ3n) is 5.25. The normalized spacial score (nSPS) is 20.3. The summed E-state index contributed by atoms with van der Waals surface area (Å²) >= 11 is 0. The fourth-order valence-electron chi connectivity index (χ4n) is 3.72. The SMILES string of the molecule is O=C(NCc1cccc(F)c1)[C@H]1CCC(=O)N(CCCN2CCCC2=O)C1. The quantitative estimate of drug-likeness (QED) is 0.789. The van der Waals surface area contributed by atoms with E-state index in [9.17, 15) is 18.8 Å². The van der Waals surface area contributed by atoms with Crippen molar-refractivity contribution >= 4 is 17.7 Å². The van der Waals surface area contributed by atoms with Crippen LogP contribution >= 0.6 is 0 Å². The molecule has 7 heteroatoms. The van der Waals surface area contributed by atoms with Gasteiger partial charge < -0.3 is 15.1 Å². The second-order valence-corrected chi connectivity index (χ2v) is 7.26. The van der Waals surface area contributed by atoms with E-state index in [0.29, 0.717) is 44.5 Å². The summed E-state index contributed by atoms with van der Waals surface area (Å²) in [6, 6.07) is 6.14. The number of carbonyl (C=O) groups excluding carboxylic acids is 3. The predicted molar refractivity (Wildman–Crippen MR) is 98.0 cm³/mol. The molecular formula is C20H26FN3O3.